The van der Waals surface area contributed by atoms with Crippen molar-refractivity contribution in [3.05, 3.63) is 58.8 Å². The number of pyridine rings is 1. The van der Waals surface area contributed by atoms with Crippen LogP contribution in [0.4, 0.5) is 0 Å². The normalized spacial score (nSPS) is 19.1. The van der Waals surface area contributed by atoms with Gasteiger partial charge in [0.2, 0.25) is 11.8 Å². The smallest absolute Gasteiger partial charge is 0.253 e. The van der Waals surface area contributed by atoms with E-state index in [-0.39, 0.29) is 23.8 Å². The summed E-state index contributed by atoms with van der Waals surface area (Å²) >= 11 is 0. The molecule has 1 saturated carbocycles. The van der Waals surface area contributed by atoms with Gasteiger partial charge in [-0.1, -0.05) is 23.3 Å². The zero-order chi connectivity index (χ0) is 22.5. The Bertz CT molecular complexity index is 948. The average molecular weight is 436 g/mol. The fourth-order valence-corrected chi connectivity index (χ4v) is 4.81. The largest absolute Gasteiger partial charge is 0.474 e. The van der Waals surface area contributed by atoms with Crippen molar-refractivity contribution < 1.29 is 14.3 Å². The van der Waals surface area contributed by atoms with E-state index in [1.165, 1.54) is 12.8 Å². The summed E-state index contributed by atoms with van der Waals surface area (Å²) in [5.41, 5.74) is 3.75. The van der Waals surface area contributed by atoms with Crippen molar-refractivity contribution in [3.63, 3.8) is 0 Å². The Morgan fingerprint density at radius 2 is 1.84 bits per heavy atom. The number of nitrogens with zero attached hydrogens (tertiary/aromatic N) is 2. The first-order valence-electron chi connectivity index (χ1n) is 11.8. The average Bonchev–Trinajstić information content (AvgIpc) is 3.30. The summed E-state index contributed by atoms with van der Waals surface area (Å²) in [4.78, 5) is 32.2. The summed E-state index contributed by atoms with van der Waals surface area (Å²) in [6.45, 7) is 5.53. The molecule has 1 N–H and O–H groups in total. The molecule has 2 heterocycles. The number of nitrogens with one attached hydrogen (secondary N) is 1. The first-order chi connectivity index (χ1) is 15.5. The molecule has 6 nitrogen and oxygen atoms in total. The number of likely N-dealkylation sites (tertiary alicyclic amines) is 1. The second-order valence-electron chi connectivity index (χ2n) is 9.18. The van der Waals surface area contributed by atoms with Gasteiger partial charge in [-0.3, -0.25) is 9.59 Å². The monoisotopic (exact) mass is 435 g/mol. The van der Waals surface area contributed by atoms with E-state index in [0.717, 1.165) is 42.4 Å². The number of ether oxygens (including phenoxy) is 1. The highest BCUT2D eigenvalue weighted by Crippen LogP contribution is 2.25. The Balaban J connectivity index is 1.35. The van der Waals surface area contributed by atoms with Crippen LogP contribution in [0.15, 0.2) is 36.5 Å². The third-order valence-corrected chi connectivity index (χ3v) is 6.43. The Morgan fingerprint density at radius 3 is 2.59 bits per heavy atom. The van der Waals surface area contributed by atoms with Gasteiger partial charge in [0.1, 0.15) is 6.10 Å². The third-order valence-electron chi connectivity index (χ3n) is 6.43. The van der Waals surface area contributed by atoms with E-state index in [1.54, 1.807) is 6.20 Å². The lowest BCUT2D eigenvalue weighted by molar-refractivity contribution is -0.126. The maximum atomic E-state index is 13.0. The molecule has 2 aliphatic rings. The van der Waals surface area contributed by atoms with Crippen molar-refractivity contribution in [2.75, 3.05) is 13.1 Å². The molecular weight excluding hydrogens is 402 g/mol. The predicted octanol–water partition coefficient (Wildman–Crippen LogP) is 4.19. The highest BCUT2D eigenvalue weighted by Gasteiger charge is 2.29. The maximum absolute atomic E-state index is 13.0. The Hall–Kier alpha value is -2.89. The van der Waals surface area contributed by atoms with Gasteiger partial charge < -0.3 is 15.0 Å². The summed E-state index contributed by atoms with van der Waals surface area (Å²) in [5.74, 6) is 0.414. The van der Waals surface area contributed by atoms with Gasteiger partial charge >= 0.3 is 0 Å². The maximum Gasteiger partial charge on any atom is 0.253 e. The Morgan fingerprint density at radius 1 is 1.09 bits per heavy atom. The van der Waals surface area contributed by atoms with E-state index < -0.39 is 0 Å². The molecule has 1 saturated heterocycles. The highest BCUT2D eigenvalue weighted by atomic mass is 16.5. The molecule has 1 unspecified atom stereocenters. The molecule has 1 aliphatic heterocycles. The molecule has 32 heavy (non-hydrogen) atoms. The topological polar surface area (TPSA) is 71.5 Å². The van der Waals surface area contributed by atoms with Crippen molar-refractivity contribution in [1.82, 2.24) is 15.2 Å². The zero-order valence-electron chi connectivity index (χ0n) is 19.1. The second-order valence-corrected chi connectivity index (χ2v) is 9.18. The molecule has 6 heteroatoms. The molecule has 1 aliphatic carbocycles. The van der Waals surface area contributed by atoms with Crippen LogP contribution in [0.25, 0.3) is 0 Å². The third kappa shape index (κ3) is 5.47. The molecule has 2 amide bonds. The van der Waals surface area contributed by atoms with Crippen LogP contribution in [0.2, 0.25) is 0 Å². The summed E-state index contributed by atoms with van der Waals surface area (Å²) in [7, 11) is 0. The van der Waals surface area contributed by atoms with Crippen molar-refractivity contribution in [2.24, 2.45) is 5.92 Å². The lowest BCUT2D eigenvalue weighted by Crippen LogP contribution is -2.45. The van der Waals surface area contributed by atoms with Crippen LogP contribution in [0, 0.1) is 19.8 Å². The molecule has 0 spiro atoms. The van der Waals surface area contributed by atoms with E-state index in [2.05, 4.69) is 16.4 Å². The predicted molar refractivity (Wildman–Crippen MR) is 124 cm³/mol. The first-order valence-corrected chi connectivity index (χ1v) is 11.8. The number of piperidine rings is 1. The number of hydrogen-bond donors (Lipinski definition) is 1. The molecule has 1 atom stereocenters. The van der Waals surface area contributed by atoms with E-state index in [9.17, 15) is 9.59 Å². The molecular formula is C26H33N3O3. The zero-order valence-corrected chi connectivity index (χ0v) is 19.1. The summed E-state index contributed by atoms with van der Waals surface area (Å²) in [6.07, 6.45) is 8.10. The Labute approximate surface area is 190 Å². The molecule has 4 rings (SSSR count). The van der Waals surface area contributed by atoms with E-state index in [0.29, 0.717) is 31.1 Å². The minimum atomic E-state index is -0.200. The minimum absolute atomic E-state index is 0.00816. The fourth-order valence-electron chi connectivity index (χ4n) is 4.81. The quantitative estimate of drug-likeness (QED) is 0.739. The van der Waals surface area contributed by atoms with Gasteiger partial charge in [-0.25, -0.2) is 4.98 Å². The fraction of sp³-hybridized carbons (Fsp3) is 0.500. The van der Waals surface area contributed by atoms with Gasteiger partial charge in [0.25, 0.3) is 5.91 Å². The van der Waals surface area contributed by atoms with Gasteiger partial charge in [0, 0.05) is 37.0 Å². The van der Waals surface area contributed by atoms with Gasteiger partial charge in [0.05, 0.1) is 5.92 Å². The first kappa shape index (κ1) is 22.3. The number of rotatable bonds is 6. The Kier molecular flexibility index (Phi) is 7.08. The minimum Gasteiger partial charge on any atom is -0.474 e. The molecule has 2 aromatic rings. The van der Waals surface area contributed by atoms with E-state index in [1.807, 2.05) is 43.0 Å². The number of carbonyl (C=O) groups excluding carboxylic acids is 2. The highest BCUT2D eigenvalue weighted by molar-refractivity contribution is 5.95. The number of carbonyl (C=O) groups is 2. The van der Waals surface area contributed by atoms with Crippen LogP contribution in [-0.2, 0) is 11.3 Å². The lowest BCUT2D eigenvalue weighted by Gasteiger charge is -2.32. The van der Waals surface area contributed by atoms with Gasteiger partial charge in [-0.2, -0.15) is 0 Å². The summed E-state index contributed by atoms with van der Waals surface area (Å²) in [5, 5.41) is 3.05. The molecule has 0 bridgehead atoms. The van der Waals surface area contributed by atoms with Gasteiger partial charge in [-0.15, -0.1) is 0 Å². The van der Waals surface area contributed by atoms with Crippen LogP contribution in [0.5, 0.6) is 5.88 Å². The van der Waals surface area contributed by atoms with Crippen LogP contribution >= 0.6 is 0 Å². The number of benzene rings is 1. The standard InChI is InChI=1S/C26H33N3O3/c1-18-13-19(2)15-22(14-18)26(31)29-12-6-8-21(17-29)24(30)28-16-20-7-5-11-27-25(20)32-23-9-3-4-10-23/h5,7,11,13-15,21,23H,3-4,6,8-10,12,16-17H2,1-2H3,(H,28,30). The lowest BCUT2D eigenvalue weighted by atomic mass is 9.96. The second kappa shape index (κ2) is 10.2. The summed E-state index contributed by atoms with van der Waals surface area (Å²) < 4.78 is 6.09. The molecule has 1 aromatic heterocycles. The number of aromatic nitrogens is 1. The number of amides is 2. The molecule has 170 valence electrons. The van der Waals surface area contributed by atoms with Crippen molar-refractivity contribution in [3.8, 4) is 5.88 Å². The summed E-state index contributed by atoms with van der Waals surface area (Å²) in [6, 6.07) is 9.73. The van der Waals surface area contributed by atoms with Crippen LogP contribution in [0.1, 0.15) is 65.6 Å². The van der Waals surface area contributed by atoms with E-state index in [4.69, 9.17) is 4.74 Å². The van der Waals surface area contributed by atoms with Crippen LogP contribution in [0.3, 0.4) is 0 Å². The molecule has 1 aromatic carbocycles. The number of hydrogen-bond acceptors (Lipinski definition) is 4. The van der Waals surface area contributed by atoms with Crippen molar-refractivity contribution >= 4 is 11.8 Å². The number of aryl methyl sites for hydroxylation is 2. The van der Waals surface area contributed by atoms with Crippen LogP contribution < -0.4 is 10.1 Å². The molecule has 2 fully saturated rings. The molecule has 0 radical (unpaired) electrons. The van der Waals surface area contributed by atoms with Crippen molar-refractivity contribution in [2.45, 2.75) is 65.0 Å². The van der Waals surface area contributed by atoms with Gasteiger partial charge in [-0.05, 0) is 70.6 Å². The SMILES string of the molecule is Cc1cc(C)cc(C(=O)N2CCCC(C(=O)NCc3cccnc3OC3CCCC3)C2)c1. The van der Waals surface area contributed by atoms with Crippen molar-refractivity contribution in [1.29, 1.82) is 0 Å². The van der Waals surface area contributed by atoms with Crippen LogP contribution in [-0.4, -0.2) is 40.9 Å². The van der Waals surface area contributed by atoms with Gasteiger partial charge in [0.15, 0.2) is 0 Å². The van der Waals surface area contributed by atoms with E-state index >= 15 is 0 Å².